The van der Waals surface area contributed by atoms with Gasteiger partial charge in [-0.2, -0.15) is 9.40 Å². The predicted octanol–water partition coefficient (Wildman–Crippen LogP) is 0.488. The highest BCUT2D eigenvalue weighted by molar-refractivity contribution is 7.89. The SMILES string of the molecule is Cc1ccc(NC(=O)CCn2cnc3c(cnn3C)c2=O)cc1S(=O)(=O)N1CCOCC1. The number of aryl methyl sites for hydroxylation is 3. The second kappa shape index (κ2) is 8.81. The first-order valence-corrected chi connectivity index (χ1v) is 11.6. The number of nitrogens with zero attached hydrogens (tertiary/aromatic N) is 5. The lowest BCUT2D eigenvalue weighted by Crippen LogP contribution is -2.40. The molecule has 1 aliphatic heterocycles. The number of anilines is 1. The summed E-state index contributed by atoms with van der Waals surface area (Å²) < 4.78 is 35.5. The number of carbonyl (C=O) groups excluding carboxylic acids is 1. The van der Waals surface area contributed by atoms with Gasteiger partial charge >= 0.3 is 0 Å². The zero-order valence-corrected chi connectivity index (χ0v) is 18.6. The van der Waals surface area contributed by atoms with Crippen molar-refractivity contribution in [3.05, 3.63) is 46.6 Å². The normalized spacial score (nSPS) is 15.2. The summed E-state index contributed by atoms with van der Waals surface area (Å²) in [5, 5.41) is 7.12. The highest BCUT2D eigenvalue weighted by atomic mass is 32.2. The molecule has 1 amide bonds. The highest BCUT2D eigenvalue weighted by Gasteiger charge is 2.28. The fourth-order valence-corrected chi connectivity index (χ4v) is 5.21. The summed E-state index contributed by atoms with van der Waals surface area (Å²) in [5.41, 5.74) is 1.17. The van der Waals surface area contributed by atoms with Gasteiger partial charge in [-0.3, -0.25) is 18.8 Å². The lowest BCUT2D eigenvalue weighted by atomic mass is 10.2. The van der Waals surface area contributed by atoms with Crippen molar-refractivity contribution in [2.45, 2.75) is 24.8 Å². The predicted molar refractivity (Wildman–Crippen MR) is 117 cm³/mol. The molecule has 1 fully saturated rings. The Morgan fingerprint density at radius 2 is 2.00 bits per heavy atom. The summed E-state index contributed by atoms with van der Waals surface area (Å²) in [7, 11) is -1.99. The maximum absolute atomic E-state index is 13.0. The van der Waals surface area contributed by atoms with Gasteiger partial charge in [0.25, 0.3) is 5.56 Å². The molecule has 4 rings (SSSR count). The first-order chi connectivity index (χ1) is 15.3. The van der Waals surface area contributed by atoms with Gasteiger partial charge in [0.05, 0.1) is 30.6 Å². The maximum atomic E-state index is 13.0. The first-order valence-electron chi connectivity index (χ1n) is 10.1. The van der Waals surface area contributed by atoms with Gasteiger partial charge in [-0.15, -0.1) is 0 Å². The van der Waals surface area contributed by atoms with E-state index in [-0.39, 0.29) is 29.3 Å². The number of hydrogen-bond donors (Lipinski definition) is 1. The van der Waals surface area contributed by atoms with Gasteiger partial charge in [0, 0.05) is 38.8 Å². The summed E-state index contributed by atoms with van der Waals surface area (Å²) in [6.07, 6.45) is 2.86. The van der Waals surface area contributed by atoms with Crippen LogP contribution in [0, 0.1) is 6.92 Å². The molecule has 0 radical (unpaired) electrons. The van der Waals surface area contributed by atoms with Crippen molar-refractivity contribution < 1.29 is 17.9 Å². The van der Waals surface area contributed by atoms with Crippen LogP contribution in [0.5, 0.6) is 0 Å². The number of ether oxygens (including phenoxy) is 1. The number of carbonyl (C=O) groups is 1. The lowest BCUT2D eigenvalue weighted by molar-refractivity contribution is -0.116. The van der Waals surface area contributed by atoms with Crippen LogP contribution in [-0.4, -0.2) is 64.3 Å². The maximum Gasteiger partial charge on any atom is 0.264 e. The Hall–Kier alpha value is -3.09. The second-order valence-electron chi connectivity index (χ2n) is 7.54. The number of fused-ring (bicyclic) bond motifs is 1. The molecule has 3 heterocycles. The van der Waals surface area contributed by atoms with Crippen LogP contribution in [0.1, 0.15) is 12.0 Å². The van der Waals surface area contributed by atoms with Crippen LogP contribution in [0.15, 0.2) is 40.4 Å². The van der Waals surface area contributed by atoms with E-state index in [1.165, 1.54) is 32.1 Å². The summed E-state index contributed by atoms with van der Waals surface area (Å²) in [6.45, 7) is 3.15. The molecule has 0 aliphatic carbocycles. The molecule has 0 spiro atoms. The van der Waals surface area contributed by atoms with Gasteiger partial charge in [0.2, 0.25) is 15.9 Å². The van der Waals surface area contributed by atoms with Crippen molar-refractivity contribution in [3.63, 3.8) is 0 Å². The zero-order valence-electron chi connectivity index (χ0n) is 17.8. The topological polar surface area (TPSA) is 128 Å². The van der Waals surface area contributed by atoms with Crippen molar-refractivity contribution in [1.29, 1.82) is 0 Å². The number of sulfonamides is 1. The van der Waals surface area contributed by atoms with Crippen molar-refractivity contribution in [2.75, 3.05) is 31.6 Å². The molecule has 32 heavy (non-hydrogen) atoms. The van der Waals surface area contributed by atoms with Crippen LogP contribution in [0.2, 0.25) is 0 Å². The molecule has 2 aromatic heterocycles. The third-order valence-corrected chi connectivity index (χ3v) is 7.40. The van der Waals surface area contributed by atoms with Gasteiger partial charge < -0.3 is 10.1 Å². The average molecular weight is 461 g/mol. The fourth-order valence-electron chi connectivity index (χ4n) is 3.55. The number of rotatable bonds is 6. The van der Waals surface area contributed by atoms with Crippen molar-refractivity contribution in [3.8, 4) is 0 Å². The molecule has 0 saturated carbocycles. The third-order valence-electron chi connectivity index (χ3n) is 5.36. The Morgan fingerprint density at radius 3 is 2.75 bits per heavy atom. The van der Waals surface area contributed by atoms with Crippen molar-refractivity contribution >= 4 is 32.7 Å². The number of hydrogen-bond acceptors (Lipinski definition) is 7. The highest BCUT2D eigenvalue weighted by Crippen LogP contribution is 2.24. The van der Waals surface area contributed by atoms with E-state index in [9.17, 15) is 18.0 Å². The number of morpholine rings is 1. The van der Waals surface area contributed by atoms with Crippen LogP contribution in [0.25, 0.3) is 11.0 Å². The van der Waals surface area contributed by atoms with Crippen LogP contribution >= 0.6 is 0 Å². The number of benzene rings is 1. The van der Waals surface area contributed by atoms with E-state index in [4.69, 9.17) is 4.74 Å². The van der Waals surface area contributed by atoms with E-state index in [0.717, 1.165) is 0 Å². The van der Waals surface area contributed by atoms with Gasteiger partial charge in [0.15, 0.2) is 5.65 Å². The number of aromatic nitrogens is 4. The van der Waals surface area contributed by atoms with E-state index in [1.54, 1.807) is 26.1 Å². The minimum Gasteiger partial charge on any atom is -0.379 e. The van der Waals surface area contributed by atoms with Crippen LogP contribution < -0.4 is 10.9 Å². The zero-order chi connectivity index (χ0) is 22.9. The molecular formula is C20H24N6O5S. The minimum atomic E-state index is -3.69. The average Bonchev–Trinajstić information content (AvgIpc) is 3.16. The van der Waals surface area contributed by atoms with E-state index in [0.29, 0.717) is 48.6 Å². The number of nitrogens with one attached hydrogen (secondary N) is 1. The summed E-state index contributed by atoms with van der Waals surface area (Å²) in [4.78, 5) is 29.3. The standard InChI is InChI=1S/C20H24N6O5S/c1-14-3-4-15(11-17(14)32(29,30)26-7-9-31-10-8-26)23-18(27)5-6-25-13-21-19-16(20(25)28)12-22-24(19)2/h3-4,11-13H,5-10H2,1-2H3,(H,23,27). The molecule has 1 aliphatic rings. The van der Waals surface area contributed by atoms with Crippen molar-refractivity contribution in [2.24, 2.45) is 7.05 Å². The van der Waals surface area contributed by atoms with E-state index in [2.05, 4.69) is 15.4 Å². The van der Waals surface area contributed by atoms with Crippen molar-refractivity contribution in [1.82, 2.24) is 23.6 Å². The Balaban J connectivity index is 1.46. The third kappa shape index (κ3) is 4.29. The smallest absolute Gasteiger partial charge is 0.264 e. The van der Waals surface area contributed by atoms with Gasteiger partial charge in [-0.1, -0.05) is 6.07 Å². The molecule has 0 unspecified atom stereocenters. The molecule has 170 valence electrons. The Bertz CT molecular complexity index is 1320. The molecule has 0 bridgehead atoms. The van der Waals surface area contributed by atoms with Gasteiger partial charge in [-0.05, 0) is 24.6 Å². The monoisotopic (exact) mass is 460 g/mol. The lowest BCUT2D eigenvalue weighted by Gasteiger charge is -2.26. The quantitative estimate of drug-likeness (QED) is 0.567. The molecule has 11 nitrogen and oxygen atoms in total. The largest absolute Gasteiger partial charge is 0.379 e. The fraction of sp³-hybridized carbons (Fsp3) is 0.400. The Labute approximate surface area is 184 Å². The Morgan fingerprint density at radius 1 is 1.25 bits per heavy atom. The molecule has 12 heteroatoms. The van der Waals surface area contributed by atoms with E-state index < -0.39 is 10.0 Å². The molecular weight excluding hydrogens is 436 g/mol. The van der Waals surface area contributed by atoms with Crippen LogP contribution in [0.4, 0.5) is 5.69 Å². The summed E-state index contributed by atoms with van der Waals surface area (Å²) in [6, 6.07) is 4.78. The summed E-state index contributed by atoms with van der Waals surface area (Å²) >= 11 is 0. The molecule has 1 saturated heterocycles. The molecule has 1 N–H and O–H groups in total. The first kappa shape index (κ1) is 22.1. The molecule has 1 aromatic carbocycles. The van der Waals surface area contributed by atoms with E-state index in [1.807, 2.05) is 0 Å². The van der Waals surface area contributed by atoms with Crippen LogP contribution in [-0.2, 0) is 33.1 Å². The van der Waals surface area contributed by atoms with E-state index >= 15 is 0 Å². The molecule has 0 atom stereocenters. The summed E-state index contributed by atoms with van der Waals surface area (Å²) in [5.74, 6) is -0.346. The van der Waals surface area contributed by atoms with Gasteiger partial charge in [-0.25, -0.2) is 13.4 Å². The minimum absolute atomic E-state index is 0.0206. The second-order valence-corrected chi connectivity index (χ2v) is 9.45. The van der Waals surface area contributed by atoms with Gasteiger partial charge in [0.1, 0.15) is 5.39 Å². The molecule has 3 aromatic rings. The van der Waals surface area contributed by atoms with Crippen LogP contribution in [0.3, 0.4) is 0 Å². The Kier molecular flexibility index (Phi) is 6.09. The number of amides is 1.